The number of rotatable bonds is 9. The Balaban J connectivity index is 1.94. The lowest BCUT2D eigenvalue weighted by Crippen LogP contribution is -2.17. The van der Waals surface area contributed by atoms with Gasteiger partial charge in [-0.05, 0) is 31.0 Å². The van der Waals surface area contributed by atoms with Gasteiger partial charge < -0.3 is 25.7 Å². The fraction of sp³-hybridized carbons (Fsp3) is 0.381. The van der Waals surface area contributed by atoms with Gasteiger partial charge in [0.15, 0.2) is 0 Å². The maximum Gasteiger partial charge on any atom is 0.252 e. The molecule has 4 N–H and O–H groups in total. The van der Waals surface area contributed by atoms with E-state index in [2.05, 4.69) is 15.6 Å². The van der Waals surface area contributed by atoms with Crippen LogP contribution in [0.25, 0.3) is 0 Å². The van der Waals surface area contributed by atoms with Crippen molar-refractivity contribution in [2.75, 3.05) is 30.1 Å². The van der Waals surface area contributed by atoms with E-state index >= 15 is 0 Å². The summed E-state index contributed by atoms with van der Waals surface area (Å²) in [5.41, 5.74) is 6.64. The topological polar surface area (TPSA) is 123 Å². The summed E-state index contributed by atoms with van der Waals surface area (Å²) in [5.74, 6) is 0.112. The van der Waals surface area contributed by atoms with Crippen LogP contribution in [-0.2, 0) is 9.36 Å². The highest BCUT2D eigenvalue weighted by Gasteiger charge is 2.30. The fourth-order valence-electron chi connectivity index (χ4n) is 3.17. The minimum atomic E-state index is -2.47. The van der Waals surface area contributed by atoms with Gasteiger partial charge in [-0.25, -0.2) is 4.98 Å². The highest BCUT2D eigenvalue weighted by atomic mass is 31.2. The number of carbonyl (C=O) groups excluding carboxylic acids is 2. The molecule has 0 saturated heterocycles. The zero-order chi connectivity index (χ0) is 21.9. The van der Waals surface area contributed by atoms with Crippen LogP contribution in [0.15, 0.2) is 30.5 Å². The third kappa shape index (κ3) is 4.65. The molecule has 3 rings (SSSR count). The molecule has 160 valence electrons. The first kappa shape index (κ1) is 21.8. The number of amides is 2. The van der Waals surface area contributed by atoms with Gasteiger partial charge in [-0.2, -0.15) is 0 Å². The van der Waals surface area contributed by atoms with Gasteiger partial charge in [0.2, 0.25) is 5.91 Å². The van der Waals surface area contributed by atoms with E-state index in [-0.39, 0.29) is 17.4 Å². The van der Waals surface area contributed by atoms with E-state index in [0.29, 0.717) is 35.3 Å². The molecule has 1 heterocycles. The molecule has 2 amide bonds. The fourth-order valence-corrected chi connectivity index (χ4v) is 5.04. The van der Waals surface area contributed by atoms with E-state index in [4.69, 9.17) is 10.5 Å². The molecule has 30 heavy (non-hydrogen) atoms. The number of carbonyl (C=O) groups is 2. The Bertz CT molecular complexity index is 1010. The molecule has 1 aromatic heterocycles. The molecule has 0 aliphatic heterocycles. The number of nitrogens with zero attached hydrogens (tertiary/aromatic N) is 1. The van der Waals surface area contributed by atoms with Crippen molar-refractivity contribution in [1.29, 1.82) is 0 Å². The predicted molar refractivity (Wildman–Crippen MR) is 119 cm³/mol. The van der Waals surface area contributed by atoms with Crippen LogP contribution in [0.2, 0.25) is 0 Å². The molecule has 0 atom stereocenters. The first-order chi connectivity index (χ1) is 14.3. The number of primary amides is 1. The number of nitrogens with one attached hydrogen (secondary N) is 2. The molecule has 1 fully saturated rings. The monoisotopic (exact) mass is 430 g/mol. The number of aromatic nitrogens is 1. The lowest BCUT2D eigenvalue weighted by atomic mass is 10.2. The second-order valence-electron chi connectivity index (χ2n) is 7.27. The first-order valence-corrected chi connectivity index (χ1v) is 12.0. The van der Waals surface area contributed by atoms with Crippen LogP contribution in [0.3, 0.4) is 0 Å². The minimum Gasteiger partial charge on any atom is -0.495 e. The van der Waals surface area contributed by atoms with E-state index in [9.17, 15) is 14.2 Å². The van der Waals surface area contributed by atoms with Crippen molar-refractivity contribution in [3.05, 3.63) is 36.0 Å². The van der Waals surface area contributed by atoms with Gasteiger partial charge in [-0.1, -0.05) is 13.8 Å². The average Bonchev–Trinajstić information content (AvgIpc) is 3.59. The van der Waals surface area contributed by atoms with E-state index in [1.807, 2.05) is 13.8 Å². The van der Waals surface area contributed by atoms with Crippen molar-refractivity contribution < 1.29 is 18.9 Å². The summed E-state index contributed by atoms with van der Waals surface area (Å²) in [5, 5.41) is 6.65. The van der Waals surface area contributed by atoms with Gasteiger partial charge >= 0.3 is 0 Å². The standard InChI is InChI=1S/C21H27N4O4P/c1-4-30(28,5-2)14-8-9-16(18(10-14)29-3)24-17-11-19(23-12-15(17)20(22)26)25-21(27)13-6-7-13/h8-13H,4-7H2,1-3H3,(H2,22,26)(H2,23,24,25,27). The van der Waals surface area contributed by atoms with E-state index in [1.54, 1.807) is 24.3 Å². The van der Waals surface area contributed by atoms with Crippen molar-refractivity contribution in [2.45, 2.75) is 26.7 Å². The predicted octanol–water partition coefficient (Wildman–Crippen LogP) is 3.31. The summed E-state index contributed by atoms with van der Waals surface area (Å²) in [6.45, 7) is 3.83. The lowest BCUT2D eigenvalue weighted by Gasteiger charge is -2.19. The Kier molecular flexibility index (Phi) is 6.46. The number of ether oxygens (including phenoxy) is 1. The number of nitrogens with two attached hydrogens (primary N) is 1. The SMILES string of the molecule is CCP(=O)(CC)c1ccc(Nc2cc(NC(=O)C3CC3)ncc2C(N)=O)c(OC)c1. The normalized spacial score (nSPS) is 13.6. The third-order valence-electron chi connectivity index (χ3n) is 5.32. The van der Waals surface area contributed by atoms with Crippen LogP contribution in [-0.4, -0.2) is 36.2 Å². The highest BCUT2D eigenvalue weighted by Crippen LogP contribution is 2.45. The van der Waals surface area contributed by atoms with Gasteiger partial charge in [0, 0.05) is 35.8 Å². The van der Waals surface area contributed by atoms with E-state index < -0.39 is 13.0 Å². The summed E-state index contributed by atoms with van der Waals surface area (Å²) in [4.78, 5) is 28.0. The molecular formula is C21H27N4O4P. The molecule has 0 bridgehead atoms. The quantitative estimate of drug-likeness (QED) is 0.525. The molecule has 1 aliphatic rings. The summed E-state index contributed by atoms with van der Waals surface area (Å²) >= 11 is 0. The number of hydrogen-bond acceptors (Lipinski definition) is 6. The number of methoxy groups -OCH3 is 1. The smallest absolute Gasteiger partial charge is 0.252 e. The lowest BCUT2D eigenvalue weighted by molar-refractivity contribution is -0.117. The maximum atomic E-state index is 13.1. The van der Waals surface area contributed by atoms with Crippen molar-refractivity contribution in [1.82, 2.24) is 4.98 Å². The minimum absolute atomic E-state index is 0.0273. The summed E-state index contributed by atoms with van der Waals surface area (Å²) in [6, 6.07) is 6.90. The summed E-state index contributed by atoms with van der Waals surface area (Å²) < 4.78 is 18.5. The molecule has 0 unspecified atom stereocenters. The molecule has 9 heteroatoms. The maximum absolute atomic E-state index is 13.1. The molecule has 2 aromatic rings. The largest absolute Gasteiger partial charge is 0.495 e. The molecule has 1 aromatic carbocycles. The van der Waals surface area contributed by atoms with Crippen LogP contribution in [0.5, 0.6) is 5.75 Å². The summed E-state index contributed by atoms with van der Waals surface area (Å²) in [6.07, 6.45) is 4.22. The number of anilines is 3. The van der Waals surface area contributed by atoms with Crippen molar-refractivity contribution in [3.63, 3.8) is 0 Å². The Labute approximate surface area is 176 Å². The molecule has 0 spiro atoms. The summed E-state index contributed by atoms with van der Waals surface area (Å²) in [7, 11) is -0.944. The van der Waals surface area contributed by atoms with Gasteiger partial charge in [-0.15, -0.1) is 0 Å². The number of hydrogen-bond donors (Lipinski definition) is 3. The Morgan fingerprint density at radius 2 is 1.90 bits per heavy atom. The van der Waals surface area contributed by atoms with Crippen LogP contribution in [0.4, 0.5) is 17.2 Å². The molecule has 0 radical (unpaired) electrons. The zero-order valence-electron chi connectivity index (χ0n) is 17.4. The molecule has 8 nitrogen and oxygen atoms in total. The Morgan fingerprint density at radius 1 is 1.20 bits per heavy atom. The first-order valence-electron chi connectivity index (χ1n) is 9.95. The van der Waals surface area contributed by atoms with Crippen molar-refractivity contribution >= 4 is 41.5 Å². The van der Waals surface area contributed by atoms with Crippen LogP contribution < -0.4 is 26.4 Å². The Morgan fingerprint density at radius 3 is 2.47 bits per heavy atom. The van der Waals surface area contributed by atoms with Crippen molar-refractivity contribution in [3.8, 4) is 5.75 Å². The van der Waals surface area contributed by atoms with E-state index in [1.165, 1.54) is 13.3 Å². The average molecular weight is 430 g/mol. The van der Waals surface area contributed by atoms with Crippen LogP contribution in [0.1, 0.15) is 37.0 Å². The number of pyridine rings is 1. The highest BCUT2D eigenvalue weighted by molar-refractivity contribution is 7.71. The third-order valence-corrected chi connectivity index (χ3v) is 8.58. The van der Waals surface area contributed by atoms with Gasteiger partial charge in [0.25, 0.3) is 5.91 Å². The van der Waals surface area contributed by atoms with Crippen molar-refractivity contribution in [2.24, 2.45) is 11.7 Å². The van der Waals surface area contributed by atoms with E-state index in [0.717, 1.165) is 18.1 Å². The second kappa shape index (κ2) is 8.88. The van der Waals surface area contributed by atoms with Crippen LogP contribution >= 0.6 is 7.14 Å². The molecular weight excluding hydrogens is 403 g/mol. The van der Waals surface area contributed by atoms with Gasteiger partial charge in [-0.3, -0.25) is 9.59 Å². The number of benzene rings is 1. The van der Waals surface area contributed by atoms with Crippen LogP contribution in [0, 0.1) is 5.92 Å². The molecule has 1 saturated carbocycles. The van der Waals surface area contributed by atoms with Gasteiger partial charge in [0.1, 0.15) is 18.7 Å². The second-order valence-corrected chi connectivity index (χ2v) is 10.8. The Hall–Kier alpha value is -2.86. The zero-order valence-corrected chi connectivity index (χ0v) is 18.3. The van der Waals surface area contributed by atoms with Gasteiger partial charge in [0.05, 0.1) is 24.0 Å². The molecule has 1 aliphatic carbocycles.